The summed E-state index contributed by atoms with van der Waals surface area (Å²) < 4.78 is 12.3. The molecule has 0 fully saturated rings. The van der Waals surface area contributed by atoms with E-state index in [0.717, 1.165) is 32.7 Å². The molecule has 0 saturated heterocycles. The van der Waals surface area contributed by atoms with Crippen molar-refractivity contribution >= 4 is 27.8 Å². The fraction of sp³-hybridized carbons (Fsp3) is 0.125. The maximum absolute atomic E-state index is 12.3. The highest BCUT2D eigenvalue weighted by molar-refractivity contribution is 9.10. The van der Waals surface area contributed by atoms with Gasteiger partial charge < -0.3 is 9.47 Å². The molecule has 0 heterocycles. The quantitative estimate of drug-likeness (QED) is 0.324. The number of hydrogen-bond donors (Lipinski definition) is 0. The number of methoxy groups -OCH3 is 1. The Morgan fingerprint density at radius 2 is 1.82 bits per heavy atom. The summed E-state index contributed by atoms with van der Waals surface area (Å²) in [7, 11) is 1.63. The van der Waals surface area contributed by atoms with Crippen LogP contribution in [0.25, 0.3) is 6.08 Å². The average Bonchev–Trinajstić information content (AvgIpc) is 2.71. The summed E-state index contributed by atoms with van der Waals surface area (Å²) in [6.07, 6.45) is 3.40. The van der Waals surface area contributed by atoms with Crippen LogP contribution in [0.4, 0.5) is 0 Å². The third-order valence-electron chi connectivity index (χ3n) is 4.26. The summed E-state index contributed by atoms with van der Waals surface area (Å²) in [5.74, 6) is 1.49. The van der Waals surface area contributed by atoms with E-state index >= 15 is 0 Å². The molecule has 0 saturated carbocycles. The molecule has 0 radical (unpaired) electrons. The predicted octanol–water partition coefficient (Wildman–Crippen LogP) is 6.24. The van der Waals surface area contributed by atoms with Gasteiger partial charge in [-0.1, -0.05) is 64.0 Å². The normalized spacial score (nSPS) is 10.8. The lowest BCUT2D eigenvalue weighted by Crippen LogP contribution is -1.99. The summed E-state index contributed by atoms with van der Waals surface area (Å²) in [5.41, 5.74) is 3.63. The van der Waals surface area contributed by atoms with Crippen LogP contribution in [0.15, 0.2) is 77.3 Å². The lowest BCUT2D eigenvalue weighted by Gasteiger charge is -2.11. The molecule has 0 spiro atoms. The molecule has 142 valence electrons. The number of rotatable bonds is 7. The van der Waals surface area contributed by atoms with E-state index in [2.05, 4.69) is 15.9 Å². The molecule has 0 unspecified atom stereocenters. The van der Waals surface area contributed by atoms with Gasteiger partial charge in [0.2, 0.25) is 0 Å². The fourth-order valence-electron chi connectivity index (χ4n) is 2.72. The van der Waals surface area contributed by atoms with Gasteiger partial charge in [-0.2, -0.15) is 0 Å². The monoisotopic (exact) mass is 436 g/mol. The number of allylic oxidation sites excluding steroid dienone is 1. The second-order valence-electron chi connectivity index (χ2n) is 6.38. The van der Waals surface area contributed by atoms with Crippen molar-refractivity contribution in [1.29, 1.82) is 0 Å². The second kappa shape index (κ2) is 9.38. The Morgan fingerprint density at radius 3 is 2.54 bits per heavy atom. The van der Waals surface area contributed by atoms with Crippen LogP contribution in [0.1, 0.15) is 27.0 Å². The second-order valence-corrected chi connectivity index (χ2v) is 7.30. The largest absolute Gasteiger partial charge is 0.496 e. The zero-order valence-electron chi connectivity index (χ0n) is 15.8. The van der Waals surface area contributed by atoms with E-state index in [4.69, 9.17) is 9.47 Å². The number of carbonyl (C=O) groups excluding carboxylic acids is 1. The van der Waals surface area contributed by atoms with Crippen molar-refractivity contribution < 1.29 is 14.3 Å². The Balaban J connectivity index is 1.74. The van der Waals surface area contributed by atoms with Crippen molar-refractivity contribution in [2.24, 2.45) is 0 Å². The molecule has 0 aromatic heterocycles. The van der Waals surface area contributed by atoms with Crippen LogP contribution in [0.3, 0.4) is 0 Å². The van der Waals surface area contributed by atoms with Gasteiger partial charge in [-0.05, 0) is 48.9 Å². The van der Waals surface area contributed by atoms with Gasteiger partial charge >= 0.3 is 0 Å². The number of ether oxygens (including phenoxy) is 2. The number of aryl methyl sites for hydroxylation is 1. The Kier molecular flexibility index (Phi) is 6.66. The van der Waals surface area contributed by atoms with Crippen LogP contribution in [-0.2, 0) is 6.61 Å². The van der Waals surface area contributed by atoms with E-state index in [1.807, 2.05) is 79.7 Å². The van der Waals surface area contributed by atoms with Crippen molar-refractivity contribution in [2.75, 3.05) is 7.11 Å². The third kappa shape index (κ3) is 5.33. The molecule has 3 nitrogen and oxygen atoms in total. The Bertz CT molecular complexity index is 991. The molecule has 28 heavy (non-hydrogen) atoms. The molecule has 3 aromatic rings. The van der Waals surface area contributed by atoms with Crippen LogP contribution < -0.4 is 9.47 Å². The molecule has 0 aliphatic rings. The average molecular weight is 437 g/mol. The Hall–Kier alpha value is -2.85. The molecule has 0 aliphatic heterocycles. The third-order valence-corrected chi connectivity index (χ3v) is 4.75. The van der Waals surface area contributed by atoms with Gasteiger partial charge in [0.1, 0.15) is 18.1 Å². The highest BCUT2D eigenvalue weighted by Crippen LogP contribution is 2.24. The van der Waals surface area contributed by atoms with E-state index in [1.54, 1.807) is 13.2 Å². The maximum atomic E-state index is 12.3. The van der Waals surface area contributed by atoms with E-state index in [9.17, 15) is 4.79 Å². The molecule has 3 aromatic carbocycles. The summed E-state index contributed by atoms with van der Waals surface area (Å²) >= 11 is 3.44. The first-order valence-electron chi connectivity index (χ1n) is 8.89. The molecule has 3 rings (SSSR count). The van der Waals surface area contributed by atoms with E-state index in [-0.39, 0.29) is 5.78 Å². The standard InChI is InChI=1S/C24H21BrO3/c1-17-6-10-19(11-7-17)23(26)12-8-18-9-13-24(27-2)20(14-18)16-28-22-5-3-4-21(25)15-22/h3-15H,16H2,1-2H3/b12-8+. The minimum Gasteiger partial charge on any atom is -0.496 e. The van der Waals surface area contributed by atoms with Gasteiger partial charge in [-0.3, -0.25) is 4.79 Å². The van der Waals surface area contributed by atoms with Crippen LogP contribution in [0.2, 0.25) is 0 Å². The molecule has 0 bridgehead atoms. The summed E-state index contributed by atoms with van der Waals surface area (Å²) in [4.78, 5) is 12.3. The topological polar surface area (TPSA) is 35.5 Å². The molecule has 0 amide bonds. The molecular formula is C24H21BrO3. The summed E-state index contributed by atoms with van der Waals surface area (Å²) in [6.45, 7) is 2.37. The van der Waals surface area contributed by atoms with E-state index < -0.39 is 0 Å². The predicted molar refractivity (Wildman–Crippen MR) is 116 cm³/mol. The van der Waals surface area contributed by atoms with Gasteiger partial charge in [0, 0.05) is 15.6 Å². The number of hydrogen-bond acceptors (Lipinski definition) is 3. The summed E-state index contributed by atoms with van der Waals surface area (Å²) in [5, 5.41) is 0. The molecule has 0 N–H and O–H groups in total. The Morgan fingerprint density at radius 1 is 1.04 bits per heavy atom. The van der Waals surface area contributed by atoms with E-state index in [1.165, 1.54) is 0 Å². The van der Waals surface area contributed by atoms with Crippen molar-refractivity contribution in [3.63, 3.8) is 0 Å². The number of ketones is 1. The molecule has 0 aliphatic carbocycles. The van der Waals surface area contributed by atoms with Gasteiger partial charge in [-0.25, -0.2) is 0 Å². The van der Waals surface area contributed by atoms with Gasteiger partial charge in [0.05, 0.1) is 7.11 Å². The lowest BCUT2D eigenvalue weighted by molar-refractivity contribution is 0.104. The summed E-state index contributed by atoms with van der Waals surface area (Å²) in [6, 6.07) is 21.0. The van der Waals surface area contributed by atoms with E-state index in [0.29, 0.717) is 12.2 Å². The minimum absolute atomic E-state index is 0.0252. The fourth-order valence-corrected chi connectivity index (χ4v) is 3.10. The van der Waals surface area contributed by atoms with Crippen molar-refractivity contribution in [1.82, 2.24) is 0 Å². The zero-order valence-corrected chi connectivity index (χ0v) is 17.4. The first-order chi connectivity index (χ1) is 13.5. The molecule has 4 heteroatoms. The number of carbonyl (C=O) groups is 1. The zero-order chi connectivity index (χ0) is 19.9. The van der Waals surface area contributed by atoms with Crippen molar-refractivity contribution in [3.8, 4) is 11.5 Å². The molecule has 0 atom stereocenters. The highest BCUT2D eigenvalue weighted by Gasteiger charge is 2.06. The van der Waals surface area contributed by atoms with Crippen LogP contribution in [-0.4, -0.2) is 12.9 Å². The van der Waals surface area contributed by atoms with Gasteiger partial charge in [0.25, 0.3) is 0 Å². The smallest absolute Gasteiger partial charge is 0.185 e. The minimum atomic E-state index is -0.0252. The van der Waals surface area contributed by atoms with Gasteiger partial charge in [0.15, 0.2) is 5.78 Å². The van der Waals surface area contributed by atoms with Crippen molar-refractivity contribution in [2.45, 2.75) is 13.5 Å². The molecular weight excluding hydrogens is 416 g/mol. The van der Waals surface area contributed by atoms with Crippen molar-refractivity contribution in [3.05, 3.63) is 99.5 Å². The first-order valence-corrected chi connectivity index (χ1v) is 9.69. The van der Waals surface area contributed by atoms with Crippen LogP contribution in [0.5, 0.6) is 11.5 Å². The lowest BCUT2D eigenvalue weighted by atomic mass is 10.1. The van der Waals surface area contributed by atoms with Crippen LogP contribution >= 0.6 is 15.9 Å². The number of halogens is 1. The van der Waals surface area contributed by atoms with Gasteiger partial charge in [-0.15, -0.1) is 0 Å². The number of benzene rings is 3. The first kappa shape index (κ1) is 19.9. The highest BCUT2D eigenvalue weighted by atomic mass is 79.9. The SMILES string of the molecule is COc1ccc(/C=C/C(=O)c2ccc(C)cc2)cc1COc1cccc(Br)c1. The van der Waals surface area contributed by atoms with Crippen LogP contribution in [0, 0.1) is 6.92 Å². The maximum Gasteiger partial charge on any atom is 0.185 e. The Labute approximate surface area is 173 Å².